The Morgan fingerprint density at radius 3 is 2.08 bits per heavy atom. The van der Waals surface area contributed by atoms with Crippen LogP contribution < -0.4 is 0 Å². The number of aliphatic carboxylic acids is 1. The zero-order valence-corrected chi connectivity index (χ0v) is 8.22. The average molecular weight is 171 g/mol. The molecule has 1 saturated heterocycles. The number of carbonyl (C=O) groups is 1. The number of hydrogen-bond acceptors (Lipinski definition) is 2. The fourth-order valence-corrected chi connectivity index (χ4v) is 1.52. The molecule has 0 amide bonds. The highest BCUT2D eigenvalue weighted by atomic mass is 16.4. The van der Waals surface area contributed by atoms with Gasteiger partial charge in [-0.25, -0.2) is 0 Å². The molecule has 70 valence electrons. The van der Waals surface area contributed by atoms with Gasteiger partial charge in [0.1, 0.15) is 5.54 Å². The first-order valence-electron chi connectivity index (χ1n) is 4.24. The summed E-state index contributed by atoms with van der Waals surface area (Å²) in [6, 6.07) is 0. The second-order valence-electron chi connectivity index (χ2n) is 4.88. The van der Waals surface area contributed by atoms with Crippen molar-refractivity contribution in [1.82, 2.24) is 4.90 Å². The van der Waals surface area contributed by atoms with Gasteiger partial charge in [0.25, 0.3) is 0 Å². The van der Waals surface area contributed by atoms with E-state index in [-0.39, 0.29) is 0 Å². The number of carboxylic acids is 1. The van der Waals surface area contributed by atoms with Gasteiger partial charge in [-0.3, -0.25) is 9.69 Å². The van der Waals surface area contributed by atoms with Crippen LogP contribution in [0.4, 0.5) is 0 Å². The van der Waals surface area contributed by atoms with Crippen molar-refractivity contribution in [3.8, 4) is 0 Å². The summed E-state index contributed by atoms with van der Waals surface area (Å²) in [4.78, 5) is 12.8. The molecule has 0 bridgehead atoms. The lowest BCUT2D eigenvalue weighted by Crippen LogP contribution is -2.64. The van der Waals surface area contributed by atoms with Gasteiger partial charge in [0, 0.05) is 13.1 Å². The van der Waals surface area contributed by atoms with Crippen LogP contribution in [0.2, 0.25) is 0 Å². The van der Waals surface area contributed by atoms with Gasteiger partial charge < -0.3 is 5.11 Å². The monoisotopic (exact) mass is 171 g/mol. The van der Waals surface area contributed by atoms with Gasteiger partial charge >= 0.3 is 5.97 Å². The SMILES string of the molecule is CC1(C)CN(C(C)(C)C(=O)O)C1. The lowest BCUT2D eigenvalue weighted by molar-refractivity contribution is -0.157. The molecule has 0 unspecified atom stereocenters. The highest BCUT2D eigenvalue weighted by Crippen LogP contribution is 2.34. The Bertz CT molecular complexity index is 201. The lowest BCUT2D eigenvalue weighted by atomic mass is 9.80. The van der Waals surface area contributed by atoms with Crippen molar-refractivity contribution < 1.29 is 9.90 Å². The lowest BCUT2D eigenvalue weighted by Gasteiger charge is -2.52. The molecule has 0 spiro atoms. The van der Waals surface area contributed by atoms with E-state index in [2.05, 4.69) is 13.8 Å². The first kappa shape index (κ1) is 9.52. The normalized spacial score (nSPS) is 23.3. The molecular weight excluding hydrogens is 154 g/mol. The molecule has 3 nitrogen and oxygen atoms in total. The Balaban J connectivity index is 2.58. The molecule has 0 aliphatic carbocycles. The summed E-state index contributed by atoms with van der Waals surface area (Å²) in [5, 5.41) is 8.91. The van der Waals surface area contributed by atoms with Crippen molar-refractivity contribution in [3.63, 3.8) is 0 Å². The predicted octanol–water partition coefficient (Wildman–Crippen LogP) is 1.19. The van der Waals surface area contributed by atoms with Crippen molar-refractivity contribution in [2.24, 2.45) is 5.41 Å². The summed E-state index contributed by atoms with van der Waals surface area (Å²) >= 11 is 0. The zero-order valence-electron chi connectivity index (χ0n) is 8.22. The van der Waals surface area contributed by atoms with Gasteiger partial charge in [0.15, 0.2) is 0 Å². The molecule has 12 heavy (non-hydrogen) atoms. The third-order valence-corrected chi connectivity index (χ3v) is 2.55. The van der Waals surface area contributed by atoms with Crippen LogP contribution in [-0.2, 0) is 4.79 Å². The fraction of sp³-hybridized carbons (Fsp3) is 0.889. The van der Waals surface area contributed by atoms with E-state index < -0.39 is 11.5 Å². The van der Waals surface area contributed by atoms with E-state index >= 15 is 0 Å². The molecule has 0 saturated carbocycles. The van der Waals surface area contributed by atoms with Crippen LogP contribution in [0.15, 0.2) is 0 Å². The van der Waals surface area contributed by atoms with Gasteiger partial charge in [-0.1, -0.05) is 13.8 Å². The maximum absolute atomic E-state index is 10.8. The predicted molar refractivity (Wildman–Crippen MR) is 47.1 cm³/mol. The third-order valence-electron chi connectivity index (χ3n) is 2.55. The van der Waals surface area contributed by atoms with Crippen LogP contribution in [0.25, 0.3) is 0 Å². The van der Waals surface area contributed by atoms with Crippen molar-refractivity contribution in [3.05, 3.63) is 0 Å². The van der Waals surface area contributed by atoms with Gasteiger partial charge in [0.2, 0.25) is 0 Å². The van der Waals surface area contributed by atoms with Crippen molar-refractivity contribution in [2.75, 3.05) is 13.1 Å². The van der Waals surface area contributed by atoms with Crippen molar-refractivity contribution in [2.45, 2.75) is 33.2 Å². The first-order chi connectivity index (χ1) is 5.26. The van der Waals surface area contributed by atoms with E-state index in [0.29, 0.717) is 5.41 Å². The maximum Gasteiger partial charge on any atom is 0.323 e. The summed E-state index contributed by atoms with van der Waals surface area (Å²) < 4.78 is 0. The summed E-state index contributed by atoms with van der Waals surface area (Å²) in [6.07, 6.45) is 0. The van der Waals surface area contributed by atoms with Crippen LogP contribution in [0.1, 0.15) is 27.7 Å². The fourth-order valence-electron chi connectivity index (χ4n) is 1.52. The average Bonchev–Trinajstić information content (AvgIpc) is 1.82. The second kappa shape index (κ2) is 2.46. The highest BCUT2D eigenvalue weighted by molar-refractivity contribution is 5.77. The highest BCUT2D eigenvalue weighted by Gasteiger charge is 2.45. The first-order valence-corrected chi connectivity index (χ1v) is 4.24. The van der Waals surface area contributed by atoms with E-state index in [0.717, 1.165) is 13.1 Å². The van der Waals surface area contributed by atoms with Crippen LogP contribution in [0, 0.1) is 5.41 Å². The molecule has 1 fully saturated rings. The smallest absolute Gasteiger partial charge is 0.323 e. The summed E-state index contributed by atoms with van der Waals surface area (Å²) in [6.45, 7) is 9.58. The Morgan fingerprint density at radius 2 is 1.83 bits per heavy atom. The maximum atomic E-state index is 10.8. The molecule has 1 N–H and O–H groups in total. The Labute approximate surface area is 73.4 Å². The second-order valence-corrected chi connectivity index (χ2v) is 4.88. The van der Waals surface area contributed by atoms with E-state index in [4.69, 9.17) is 5.11 Å². The molecule has 0 aromatic carbocycles. The zero-order chi connectivity index (χ0) is 9.57. The number of rotatable bonds is 2. The van der Waals surface area contributed by atoms with E-state index in [1.807, 2.05) is 4.90 Å². The van der Waals surface area contributed by atoms with Gasteiger partial charge in [0.05, 0.1) is 0 Å². The summed E-state index contributed by atoms with van der Waals surface area (Å²) in [7, 11) is 0. The standard InChI is InChI=1S/C9H17NO2/c1-8(2)5-10(6-8)9(3,4)7(11)12/h5-6H2,1-4H3,(H,11,12). The Kier molecular flexibility index (Phi) is 1.95. The third kappa shape index (κ3) is 1.46. The number of likely N-dealkylation sites (tertiary alicyclic amines) is 1. The molecule has 0 atom stereocenters. The van der Waals surface area contributed by atoms with E-state index in [9.17, 15) is 4.79 Å². The molecule has 3 heteroatoms. The molecule has 1 heterocycles. The Morgan fingerprint density at radius 1 is 1.42 bits per heavy atom. The molecular formula is C9H17NO2. The molecule has 1 aliphatic rings. The minimum absolute atomic E-state index is 0.298. The van der Waals surface area contributed by atoms with Crippen LogP contribution >= 0.6 is 0 Å². The van der Waals surface area contributed by atoms with Crippen LogP contribution in [0.3, 0.4) is 0 Å². The quantitative estimate of drug-likeness (QED) is 0.678. The van der Waals surface area contributed by atoms with E-state index in [1.165, 1.54) is 0 Å². The van der Waals surface area contributed by atoms with Crippen LogP contribution in [0.5, 0.6) is 0 Å². The largest absolute Gasteiger partial charge is 0.480 e. The molecule has 0 aromatic rings. The minimum Gasteiger partial charge on any atom is -0.480 e. The van der Waals surface area contributed by atoms with Gasteiger partial charge in [-0.15, -0.1) is 0 Å². The topological polar surface area (TPSA) is 40.5 Å². The van der Waals surface area contributed by atoms with Crippen LogP contribution in [-0.4, -0.2) is 34.6 Å². The van der Waals surface area contributed by atoms with Gasteiger partial charge in [-0.2, -0.15) is 0 Å². The molecule has 0 radical (unpaired) electrons. The minimum atomic E-state index is -0.738. The Hall–Kier alpha value is -0.570. The molecule has 1 aliphatic heterocycles. The molecule has 1 rings (SSSR count). The summed E-state index contributed by atoms with van der Waals surface area (Å²) in [5.41, 5.74) is -0.401. The number of nitrogens with zero attached hydrogens (tertiary/aromatic N) is 1. The molecule has 0 aromatic heterocycles. The van der Waals surface area contributed by atoms with Crippen molar-refractivity contribution in [1.29, 1.82) is 0 Å². The van der Waals surface area contributed by atoms with Crippen molar-refractivity contribution >= 4 is 5.97 Å². The number of carboxylic acid groups (broad SMARTS) is 1. The summed E-state index contributed by atoms with van der Waals surface area (Å²) in [5.74, 6) is -0.738. The van der Waals surface area contributed by atoms with Gasteiger partial charge in [-0.05, 0) is 19.3 Å². The van der Waals surface area contributed by atoms with E-state index in [1.54, 1.807) is 13.8 Å². The number of hydrogen-bond donors (Lipinski definition) is 1.